The smallest absolute Gasteiger partial charge is 0.264 e. The van der Waals surface area contributed by atoms with Crippen LogP contribution in [0.3, 0.4) is 0 Å². The van der Waals surface area contributed by atoms with Gasteiger partial charge in [0, 0.05) is 11.3 Å². The van der Waals surface area contributed by atoms with Crippen molar-refractivity contribution in [2.45, 2.75) is 51.4 Å². The lowest BCUT2D eigenvalue weighted by atomic mass is 9.84. The first-order chi connectivity index (χ1) is 7.39. The van der Waals surface area contributed by atoms with Crippen molar-refractivity contribution >= 4 is 22.6 Å². The first-order valence-electron chi connectivity index (χ1n) is 5.70. The highest BCUT2D eigenvalue weighted by Gasteiger charge is 2.26. The maximum atomic E-state index is 11.8. The average molecular weight is 332 g/mol. The van der Waals surface area contributed by atoms with Gasteiger partial charge in [0.05, 0.1) is 5.69 Å². The molecule has 0 saturated heterocycles. The lowest BCUT2D eigenvalue weighted by Crippen LogP contribution is -2.27. The molecular weight excluding hydrogens is 315 g/mol. The quantitative estimate of drug-likeness (QED) is 0.804. The second-order valence-electron chi connectivity index (χ2n) is 5.49. The van der Waals surface area contributed by atoms with Crippen LogP contribution >= 0.6 is 22.6 Å². The van der Waals surface area contributed by atoms with E-state index in [-0.39, 0.29) is 11.0 Å². The second kappa shape index (κ2) is 4.13. The minimum atomic E-state index is -0.0662. The van der Waals surface area contributed by atoms with Gasteiger partial charge < -0.3 is 4.98 Å². The molecule has 1 saturated carbocycles. The molecule has 0 unspecified atom stereocenters. The summed E-state index contributed by atoms with van der Waals surface area (Å²) >= 11 is 2.09. The molecule has 4 heteroatoms. The molecule has 0 aromatic carbocycles. The molecule has 1 aromatic rings. The Morgan fingerprint density at radius 1 is 1.38 bits per heavy atom. The zero-order valence-electron chi connectivity index (χ0n) is 9.93. The van der Waals surface area contributed by atoms with E-state index in [0.29, 0.717) is 5.92 Å². The van der Waals surface area contributed by atoms with E-state index in [1.165, 1.54) is 6.42 Å². The predicted octanol–water partition coefficient (Wildman–Crippen LogP) is 2.94. The van der Waals surface area contributed by atoms with Crippen molar-refractivity contribution < 1.29 is 0 Å². The van der Waals surface area contributed by atoms with Gasteiger partial charge in [0.2, 0.25) is 0 Å². The van der Waals surface area contributed by atoms with Gasteiger partial charge in [-0.2, -0.15) is 0 Å². The third-order valence-corrected chi connectivity index (χ3v) is 4.08. The number of hydrogen-bond donors (Lipinski definition) is 1. The Hall–Kier alpha value is -0.390. The lowest BCUT2D eigenvalue weighted by Gasteiger charge is -2.26. The summed E-state index contributed by atoms with van der Waals surface area (Å²) in [5.41, 5.74) is 0.879. The summed E-state index contributed by atoms with van der Waals surface area (Å²) in [6, 6.07) is 0. The molecule has 0 amide bonds. The van der Waals surface area contributed by atoms with Crippen LogP contribution in [0.1, 0.15) is 57.5 Å². The van der Waals surface area contributed by atoms with Crippen LogP contribution in [0.25, 0.3) is 0 Å². The van der Waals surface area contributed by atoms with E-state index < -0.39 is 0 Å². The summed E-state index contributed by atoms with van der Waals surface area (Å²) in [4.78, 5) is 19.4. The van der Waals surface area contributed by atoms with Crippen LogP contribution in [-0.2, 0) is 5.41 Å². The summed E-state index contributed by atoms with van der Waals surface area (Å²) in [6.07, 6.45) is 3.57. The topological polar surface area (TPSA) is 45.8 Å². The van der Waals surface area contributed by atoms with Crippen LogP contribution in [-0.4, -0.2) is 9.97 Å². The first kappa shape index (κ1) is 12.1. The SMILES string of the molecule is CC(C)(C)c1nc(C2CCC2)[nH]c(=O)c1I. The second-order valence-corrected chi connectivity index (χ2v) is 6.57. The molecule has 16 heavy (non-hydrogen) atoms. The summed E-state index contributed by atoms with van der Waals surface area (Å²) in [5.74, 6) is 1.37. The van der Waals surface area contributed by atoms with Crippen molar-refractivity contribution in [3.8, 4) is 0 Å². The third kappa shape index (κ3) is 2.17. The molecule has 1 N–H and O–H groups in total. The van der Waals surface area contributed by atoms with Gasteiger partial charge in [0.1, 0.15) is 9.39 Å². The van der Waals surface area contributed by atoms with E-state index in [1.807, 2.05) is 0 Å². The van der Waals surface area contributed by atoms with Gasteiger partial charge in [-0.15, -0.1) is 0 Å². The molecule has 0 atom stereocenters. The van der Waals surface area contributed by atoms with E-state index in [4.69, 9.17) is 0 Å². The molecule has 0 spiro atoms. The molecule has 1 fully saturated rings. The van der Waals surface area contributed by atoms with E-state index >= 15 is 0 Å². The Morgan fingerprint density at radius 2 is 2.00 bits per heavy atom. The monoisotopic (exact) mass is 332 g/mol. The molecule has 0 bridgehead atoms. The first-order valence-corrected chi connectivity index (χ1v) is 6.77. The summed E-state index contributed by atoms with van der Waals surface area (Å²) in [5, 5.41) is 0. The van der Waals surface area contributed by atoms with Gasteiger partial charge in [-0.05, 0) is 35.4 Å². The zero-order chi connectivity index (χ0) is 11.9. The Labute approximate surface area is 109 Å². The Morgan fingerprint density at radius 3 is 2.44 bits per heavy atom. The van der Waals surface area contributed by atoms with Crippen molar-refractivity contribution in [2.75, 3.05) is 0 Å². The number of nitrogens with one attached hydrogen (secondary N) is 1. The minimum absolute atomic E-state index is 0.0161. The molecule has 3 nitrogen and oxygen atoms in total. The molecule has 1 heterocycles. The molecule has 0 radical (unpaired) electrons. The number of H-pyrrole nitrogens is 1. The van der Waals surface area contributed by atoms with Gasteiger partial charge in [-0.1, -0.05) is 27.2 Å². The van der Waals surface area contributed by atoms with Gasteiger partial charge in [0.15, 0.2) is 0 Å². The van der Waals surface area contributed by atoms with Crippen molar-refractivity contribution in [1.82, 2.24) is 9.97 Å². The van der Waals surface area contributed by atoms with Crippen LogP contribution in [0.5, 0.6) is 0 Å². The Kier molecular flexibility index (Phi) is 3.11. The van der Waals surface area contributed by atoms with Crippen LogP contribution in [0.2, 0.25) is 0 Å². The number of nitrogens with zero attached hydrogens (tertiary/aromatic N) is 1. The maximum absolute atomic E-state index is 11.8. The highest BCUT2D eigenvalue weighted by Crippen LogP contribution is 2.35. The lowest BCUT2D eigenvalue weighted by molar-refractivity contribution is 0.395. The van der Waals surface area contributed by atoms with Crippen molar-refractivity contribution in [3.63, 3.8) is 0 Å². The highest BCUT2D eigenvalue weighted by atomic mass is 127. The fourth-order valence-electron chi connectivity index (χ4n) is 1.85. The summed E-state index contributed by atoms with van der Waals surface area (Å²) in [6.45, 7) is 6.30. The Bertz CT molecular complexity index is 455. The van der Waals surface area contributed by atoms with Crippen LogP contribution in [0.15, 0.2) is 4.79 Å². The average Bonchev–Trinajstić information content (AvgIpc) is 2.05. The van der Waals surface area contributed by atoms with E-state index in [1.54, 1.807) is 0 Å². The van der Waals surface area contributed by atoms with Crippen molar-refractivity contribution in [1.29, 1.82) is 0 Å². The number of aromatic nitrogens is 2. The van der Waals surface area contributed by atoms with Crippen LogP contribution in [0.4, 0.5) is 0 Å². The number of hydrogen-bond acceptors (Lipinski definition) is 2. The van der Waals surface area contributed by atoms with Crippen molar-refractivity contribution in [2.24, 2.45) is 0 Å². The highest BCUT2D eigenvalue weighted by molar-refractivity contribution is 14.1. The molecule has 88 valence electrons. The van der Waals surface area contributed by atoms with Crippen LogP contribution < -0.4 is 5.56 Å². The number of halogens is 1. The van der Waals surface area contributed by atoms with Gasteiger partial charge in [0.25, 0.3) is 5.56 Å². The molecule has 0 aliphatic heterocycles. The van der Waals surface area contributed by atoms with E-state index in [0.717, 1.165) is 27.9 Å². The van der Waals surface area contributed by atoms with E-state index in [2.05, 4.69) is 53.3 Å². The fraction of sp³-hybridized carbons (Fsp3) is 0.667. The standard InChI is InChI=1S/C12H17IN2O/c1-12(2,3)9-8(13)11(16)15-10(14-9)7-5-4-6-7/h7H,4-6H2,1-3H3,(H,14,15,16). The molecule has 1 aliphatic rings. The maximum Gasteiger partial charge on any atom is 0.264 e. The van der Waals surface area contributed by atoms with Gasteiger partial charge in [-0.25, -0.2) is 4.98 Å². The molecule has 1 aliphatic carbocycles. The number of rotatable bonds is 1. The molecule has 1 aromatic heterocycles. The van der Waals surface area contributed by atoms with Gasteiger partial charge in [-0.3, -0.25) is 4.79 Å². The van der Waals surface area contributed by atoms with Crippen molar-refractivity contribution in [3.05, 3.63) is 25.4 Å². The molecular formula is C12H17IN2O. The summed E-state index contributed by atoms with van der Waals surface area (Å²) < 4.78 is 0.730. The normalized spacial score (nSPS) is 17.2. The largest absolute Gasteiger partial charge is 0.309 e. The fourth-order valence-corrected chi connectivity index (χ4v) is 2.91. The Balaban J connectivity index is 2.51. The minimum Gasteiger partial charge on any atom is -0.309 e. The van der Waals surface area contributed by atoms with Gasteiger partial charge >= 0.3 is 0 Å². The number of aromatic amines is 1. The summed E-state index contributed by atoms with van der Waals surface area (Å²) in [7, 11) is 0. The molecule has 2 rings (SSSR count). The van der Waals surface area contributed by atoms with Crippen LogP contribution in [0, 0.1) is 3.57 Å². The third-order valence-electron chi connectivity index (χ3n) is 3.08. The zero-order valence-corrected chi connectivity index (χ0v) is 12.1. The van der Waals surface area contributed by atoms with E-state index in [9.17, 15) is 4.79 Å². The predicted molar refractivity (Wildman–Crippen MR) is 72.9 cm³/mol.